The highest BCUT2D eigenvalue weighted by atomic mass is 32.2. The first-order chi connectivity index (χ1) is 9.63. The molecule has 1 unspecified atom stereocenters. The van der Waals surface area contributed by atoms with E-state index in [1.807, 2.05) is 6.20 Å². The van der Waals surface area contributed by atoms with Crippen molar-refractivity contribution in [2.75, 3.05) is 5.75 Å². The molecule has 2 rings (SSSR count). The second-order valence-corrected chi connectivity index (χ2v) is 6.55. The second-order valence-electron chi connectivity index (χ2n) is 5.61. The molecule has 1 atom stereocenters. The summed E-state index contributed by atoms with van der Waals surface area (Å²) < 4.78 is 2.28. The van der Waals surface area contributed by atoms with E-state index in [1.165, 1.54) is 43.9 Å². The van der Waals surface area contributed by atoms with Gasteiger partial charge in [0.25, 0.3) is 0 Å². The summed E-state index contributed by atoms with van der Waals surface area (Å²) in [6.45, 7) is 4.30. The molecule has 1 aromatic rings. The molecule has 1 aliphatic rings. The van der Waals surface area contributed by atoms with Crippen LogP contribution in [0.15, 0.2) is 11.4 Å². The SMILES string of the molecule is CCC(C1CCCCC1)n1c(C)cnc1SCC(=O)O. The number of carbonyl (C=O) groups is 1. The van der Waals surface area contributed by atoms with Gasteiger partial charge in [-0.3, -0.25) is 4.79 Å². The average molecular weight is 296 g/mol. The minimum Gasteiger partial charge on any atom is -0.481 e. The molecule has 20 heavy (non-hydrogen) atoms. The normalized spacial score (nSPS) is 18.1. The fourth-order valence-electron chi connectivity index (χ4n) is 3.31. The van der Waals surface area contributed by atoms with Crippen molar-refractivity contribution in [3.05, 3.63) is 11.9 Å². The van der Waals surface area contributed by atoms with Crippen LogP contribution in [0.5, 0.6) is 0 Å². The molecule has 0 aromatic carbocycles. The summed E-state index contributed by atoms with van der Waals surface area (Å²) in [7, 11) is 0. The molecule has 0 radical (unpaired) electrons. The zero-order valence-corrected chi connectivity index (χ0v) is 13.2. The third-order valence-corrected chi connectivity index (χ3v) is 5.17. The number of hydrogen-bond donors (Lipinski definition) is 1. The quantitative estimate of drug-likeness (QED) is 0.809. The number of aryl methyl sites for hydroxylation is 1. The van der Waals surface area contributed by atoms with Gasteiger partial charge in [-0.15, -0.1) is 0 Å². The van der Waals surface area contributed by atoms with Gasteiger partial charge < -0.3 is 9.67 Å². The molecule has 1 heterocycles. The lowest BCUT2D eigenvalue weighted by atomic mass is 9.82. The zero-order valence-electron chi connectivity index (χ0n) is 12.3. The lowest BCUT2D eigenvalue weighted by Crippen LogP contribution is -2.23. The first-order valence-electron chi connectivity index (χ1n) is 7.52. The summed E-state index contributed by atoms with van der Waals surface area (Å²) >= 11 is 1.34. The number of carboxylic acids is 1. The molecule has 1 saturated carbocycles. The Labute approximate surface area is 125 Å². The highest BCUT2D eigenvalue weighted by molar-refractivity contribution is 7.99. The topological polar surface area (TPSA) is 55.1 Å². The molecule has 0 spiro atoms. The van der Waals surface area contributed by atoms with Crippen molar-refractivity contribution < 1.29 is 9.90 Å². The van der Waals surface area contributed by atoms with Crippen LogP contribution in [0, 0.1) is 12.8 Å². The number of thioether (sulfide) groups is 1. The van der Waals surface area contributed by atoms with Crippen LogP contribution >= 0.6 is 11.8 Å². The van der Waals surface area contributed by atoms with Gasteiger partial charge in [0.2, 0.25) is 0 Å². The van der Waals surface area contributed by atoms with E-state index in [0.717, 1.165) is 17.3 Å². The molecule has 5 heteroatoms. The van der Waals surface area contributed by atoms with Crippen LogP contribution in [-0.2, 0) is 4.79 Å². The van der Waals surface area contributed by atoms with E-state index in [1.54, 1.807) is 0 Å². The Kier molecular flexibility index (Phi) is 5.52. The second kappa shape index (κ2) is 7.16. The van der Waals surface area contributed by atoms with Gasteiger partial charge in [-0.05, 0) is 32.1 Å². The Hall–Kier alpha value is -0.970. The van der Waals surface area contributed by atoms with E-state index in [4.69, 9.17) is 5.11 Å². The van der Waals surface area contributed by atoms with Gasteiger partial charge in [-0.2, -0.15) is 0 Å². The molecular formula is C15H24N2O2S. The smallest absolute Gasteiger partial charge is 0.313 e. The number of rotatable bonds is 6. The molecule has 0 saturated heterocycles. The summed E-state index contributed by atoms with van der Waals surface area (Å²) in [5.74, 6) is 0.0103. The van der Waals surface area contributed by atoms with Crippen molar-refractivity contribution in [2.45, 2.75) is 63.6 Å². The van der Waals surface area contributed by atoms with E-state index in [2.05, 4.69) is 23.4 Å². The van der Waals surface area contributed by atoms with Gasteiger partial charge >= 0.3 is 5.97 Å². The predicted octanol–water partition coefficient (Wildman–Crippen LogP) is 3.90. The van der Waals surface area contributed by atoms with Crippen molar-refractivity contribution in [1.82, 2.24) is 9.55 Å². The van der Waals surface area contributed by atoms with Crippen molar-refractivity contribution in [2.24, 2.45) is 5.92 Å². The lowest BCUT2D eigenvalue weighted by Gasteiger charge is -2.32. The standard InChI is InChI=1S/C15H24N2O2S/c1-3-13(12-7-5-4-6-8-12)17-11(2)9-16-15(17)20-10-14(18)19/h9,12-13H,3-8,10H2,1-2H3,(H,18,19). The van der Waals surface area contributed by atoms with E-state index >= 15 is 0 Å². The fourth-order valence-corrected chi connectivity index (χ4v) is 4.10. The molecule has 112 valence electrons. The maximum absolute atomic E-state index is 10.8. The van der Waals surface area contributed by atoms with Crippen LogP contribution in [0.25, 0.3) is 0 Å². The van der Waals surface area contributed by atoms with Crippen molar-refractivity contribution in [3.8, 4) is 0 Å². The number of hydrogen-bond acceptors (Lipinski definition) is 3. The van der Waals surface area contributed by atoms with E-state index in [0.29, 0.717) is 12.0 Å². The van der Waals surface area contributed by atoms with Gasteiger partial charge in [-0.25, -0.2) is 4.98 Å². The van der Waals surface area contributed by atoms with Crippen LogP contribution in [0.1, 0.15) is 57.2 Å². The number of carboxylic acid groups (broad SMARTS) is 1. The van der Waals surface area contributed by atoms with Crippen LogP contribution in [0.3, 0.4) is 0 Å². The molecule has 1 N–H and O–H groups in total. The monoisotopic (exact) mass is 296 g/mol. The van der Waals surface area contributed by atoms with Gasteiger partial charge in [0.15, 0.2) is 5.16 Å². The number of aromatic nitrogens is 2. The zero-order chi connectivity index (χ0) is 14.5. The summed E-state index contributed by atoms with van der Waals surface area (Å²) in [5.41, 5.74) is 1.15. The molecule has 4 nitrogen and oxygen atoms in total. The summed E-state index contributed by atoms with van der Waals surface area (Å²) in [6, 6.07) is 0.467. The largest absolute Gasteiger partial charge is 0.481 e. The van der Waals surface area contributed by atoms with E-state index in [-0.39, 0.29) is 5.75 Å². The highest BCUT2D eigenvalue weighted by Crippen LogP contribution is 2.37. The Morgan fingerprint density at radius 3 is 2.80 bits per heavy atom. The molecule has 0 amide bonds. The third kappa shape index (κ3) is 3.57. The van der Waals surface area contributed by atoms with Gasteiger partial charge in [0.1, 0.15) is 0 Å². The van der Waals surface area contributed by atoms with Gasteiger partial charge in [-0.1, -0.05) is 37.9 Å². The fraction of sp³-hybridized carbons (Fsp3) is 0.733. The molecule has 1 fully saturated rings. The maximum atomic E-state index is 10.8. The minimum atomic E-state index is -0.784. The summed E-state index contributed by atoms with van der Waals surface area (Å²) in [5, 5.41) is 9.72. The number of nitrogens with zero attached hydrogens (tertiary/aromatic N) is 2. The lowest BCUT2D eigenvalue weighted by molar-refractivity contribution is -0.133. The van der Waals surface area contributed by atoms with Gasteiger partial charge in [0, 0.05) is 17.9 Å². The number of imidazole rings is 1. The number of aliphatic carboxylic acids is 1. The van der Waals surface area contributed by atoms with Crippen molar-refractivity contribution in [1.29, 1.82) is 0 Å². The van der Waals surface area contributed by atoms with E-state index < -0.39 is 5.97 Å². The Balaban J connectivity index is 2.19. The highest BCUT2D eigenvalue weighted by Gasteiger charge is 2.26. The van der Waals surface area contributed by atoms with Crippen molar-refractivity contribution in [3.63, 3.8) is 0 Å². The first-order valence-corrected chi connectivity index (χ1v) is 8.50. The van der Waals surface area contributed by atoms with Crippen LogP contribution in [-0.4, -0.2) is 26.4 Å². The van der Waals surface area contributed by atoms with E-state index in [9.17, 15) is 4.79 Å². The van der Waals surface area contributed by atoms with Crippen molar-refractivity contribution >= 4 is 17.7 Å². The summed E-state index contributed by atoms with van der Waals surface area (Å²) in [6.07, 6.45) is 9.55. The molecule has 1 aromatic heterocycles. The predicted molar refractivity (Wildman–Crippen MR) is 81.2 cm³/mol. The van der Waals surface area contributed by atoms with Crippen LogP contribution < -0.4 is 0 Å². The molecular weight excluding hydrogens is 272 g/mol. The summed E-state index contributed by atoms with van der Waals surface area (Å²) in [4.78, 5) is 15.2. The van der Waals surface area contributed by atoms with Crippen LogP contribution in [0.4, 0.5) is 0 Å². The minimum absolute atomic E-state index is 0.0809. The molecule has 0 bridgehead atoms. The Bertz CT molecular complexity index is 453. The first kappa shape index (κ1) is 15.4. The Morgan fingerprint density at radius 2 is 2.20 bits per heavy atom. The third-order valence-electron chi connectivity index (χ3n) is 4.22. The van der Waals surface area contributed by atoms with Gasteiger partial charge in [0.05, 0.1) is 5.75 Å². The average Bonchev–Trinajstić information content (AvgIpc) is 2.80. The molecule has 1 aliphatic carbocycles. The maximum Gasteiger partial charge on any atom is 0.313 e. The molecule has 0 aliphatic heterocycles. The Morgan fingerprint density at radius 1 is 1.50 bits per heavy atom. The van der Waals surface area contributed by atoms with Crippen LogP contribution in [0.2, 0.25) is 0 Å².